The minimum atomic E-state index is -4.54. The molecule has 0 atom stereocenters. The van der Waals surface area contributed by atoms with E-state index >= 15 is 0 Å². The fourth-order valence-corrected chi connectivity index (χ4v) is 2.28. The number of benzene rings is 1. The lowest BCUT2D eigenvalue weighted by Crippen LogP contribution is -2.13. The molecule has 1 heterocycles. The lowest BCUT2D eigenvalue weighted by Gasteiger charge is -2.08. The van der Waals surface area contributed by atoms with Crippen LogP contribution in [0.1, 0.15) is 16.1 Å². The zero-order valence-electron chi connectivity index (χ0n) is 11.5. The Bertz CT molecular complexity index is 663. The van der Waals surface area contributed by atoms with E-state index in [9.17, 15) is 18.0 Å². The molecular formula is C13H11F3N2O3S. The first kappa shape index (κ1) is 16.1. The van der Waals surface area contributed by atoms with Gasteiger partial charge in [0.25, 0.3) is 5.91 Å². The maximum absolute atomic E-state index is 12.5. The number of nitrogens with zero attached hydrogens (tertiary/aromatic N) is 1. The van der Waals surface area contributed by atoms with Crippen LogP contribution in [-0.2, 0) is 6.18 Å². The number of carbonyl (C=O) groups is 1. The highest BCUT2D eigenvalue weighted by molar-refractivity contribution is 7.14. The molecule has 0 fully saturated rings. The summed E-state index contributed by atoms with van der Waals surface area (Å²) in [4.78, 5) is 15.4. The van der Waals surface area contributed by atoms with E-state index in [0.29, 0.717) is 22.8 Å². The third-order valence-electron chi connectivity index (χ3n) is 2.63. The second-order valence-electron chi connectivity index (χ2n) is 4.09. The van der Waals surface area contributed by atoms with Crippen LogP contribution < -0.4 is 14.8 Å². The van der Waals surface area contributed by atoms with Crippen molar-refractivity contribution in [1.29, 1.82) is 0 Å². The normalized spacial score (nSPS) is 11.1. The number of amides is 1. The number of methoxy groups -OCH3 is 2. The molecule has 0 bridgehead atoms. The molecule has 2 aromatic rings. The van der Waals surface area contributed by atoms with Gasteiger partial charge in [0.05, 0.1) is 14.2 Å². The molecule has 5 nitrogen and oxygen atoms in total. The second-order valence-corrected chi connectivity index (χ2v) is 4.95. The van der Waals surface area contributed by atoms with Gasteiger partial charge in [0.1, 0.15) is 11.5 Å². The fraction of sp³-hybridized carbons (Fsp3) is 0.231. The van der Waals surface area contributed by atoms with Crippen molar-refractivity contribution in [3.63, 3.8) is 0 Å². The number of aromatic nitrogens is 1. The number of carbonyl (C=O) groups excluding carboxylic acids is 1. The predicted octanol–water partition coefficient (Wildman–Crippen LogP) is 3.43. The van der Waals surface area contributed by atoms with E-state index in [1.54, 1.807) is 6.07 Å². The Labute approximate surface area is 127 Å². The summed E-state index contributed by atoms with van der Waals surface area (Å²) in [5.41, 5.74) is -0.865. The fourth-order valence-electron chi connectivity index (χ4n) is 1.57. The standard InChI is InChI=1S/C13H11F3N2O3S/c1-20-8-3-7(4-9(5-8)21-2)11(19)18-12-17-10(6-22-12)13(14,15)16/h3-6H,1-2H3,(H,17,18,19). The summed E-state index contributed by atoms with van der Waals surface area (Å²) in [5.74, 6) is 0.166. The Hall–Kier alpha value is -2.29. The van der Waals surface area contributed by atoms with Crippen LogP contribution in [-0.4, -0.2) is 25.1 Å². The molecule has 0 aliphatic carbocycles. The molecule has 0 spiro atoms. The molecule has 0 saturated heterocycles. The third-order valence-corrected chi connectivity index (χ3v) is 3.39. The number of halogens is 3. The summed E-state index contributed by atoms with van der Waals surface area (Å²) in [6.07, 6.45) is -4.54. The van der Waals surface area contributed by atoms with Crippen molar-refractivity contribution in [3.8, 4) is 11.5 Å². The van der Waals surface area contributed by atoms with Crippen LogP contribution in [0.15, 0.2) is 23.6 Å². The van der Waals surface area contributed by atoms with Gasteiger partial charge in [-0.15, -0.1) is 11.3 Å². The minimum absolute atomic E-state index is 0.140. The number of alkyl halides is 3. The smallest absolute Gasteiger partial charge is 0.434 e. The highest BCUT2D eigenvalue weighted by Gasteiger charge is 2.33. The van der Waals surface area contributed by atoms with Crippen molar-refractivity contribution in [2.24, 2.45) is 0 Å². The summed E-state index contributed by atoms with van der Waals surface area (Å²) < 4.78 is 47.4. The van der Waals surface area contributed by atoms with Gasteiger partial charge in [0.15, 0.2) is 10.8 Å². The summed E-state index contributed by atoms with van der Waals surface area (Å²) in [6.45, 7) is 0. The number of rotatable bonds is 4. The van der Waals surface area contributed by atoms with Crippen LogP contribution in [0.25, 0.3) is 0 Å². The lowest BCUT2D eigenvalue weighted by atomic mass is 10.2. The van der Waals surface area contributed by atoms with Gasteiger partial charge < -0.3 is 9.47 Å². The second kappa shape index (κ2) is 6.22. The summed E-state index contributed by atoms with van der Waals surface area (Å²) >= 11 is 0.694. The molecular weight excluding hydrogens is 321 g/mol. The van der Waals surface area contributed by atoms with Crippen molar-refractivity contribution >= 4 is 22.4 Å². The van der Waals surface area contributed by atoms with Crippen molar-refractivity contribution in [1.82, 2.24) is 4.98 Å². The number of thiazole rings is 1. The maximum atomic E-state index is 12.5. The Morgan fingerprint density at radius 1 is 1.18 bits per heavy atom. The van der Waals surface area contributed by atoms with Gasteiger partial charge in [-0.25, -0.2) is 4.98 Å². The molecule has 0 aliphatic heterocycles. The van der Waals surface area contributed by atoms with E-state index in [0.717, 1.165) is 5.38 Å². The number of anilines is 1. The first-order valence-electron chi connectivity index (χ1n) is 5.90. The molecule has 118 valence electrons. The average molecular weight is 332 g/mol. The maximum Gasteiger partial charge on any atom is 0.434 e. The van der Waals surface area contributed by atoms with Crippen LogP contribution in [0.3, 0.4) is 0 Å². The predicted molar refractivity (Wildman–Crippen MR) is 74.6 cm³/mol. The monoisotopic (exact) mass is 332 g/mol. The van der Waals surface area contributed by atoms with Crippen LogP contribution >= 0.6 is 11.3 Å². The van der Waals surface area contributed by atoms with Crippen LogP contribution in [0, 0.1) is 0 Å². The highest BCUT2D eigenvalue weighted by atomic mass is 32.1. The molecule has 0 radical (unpaired) electrons. The molecule has 0 saturated carbocycles. The zero-order valence-corrected chi connectivity index (χ0v) is 12.3. The quantitative estimate of drug-likeness (QED) is 0.932. The molecule has 1 amide bonds. The molecule has 9 heteroatoms. The minimum Gasteiger partial charge on any atom is -0.497 e. The number of hydrogen-bond acceptors (Lipinski definition) is 5. The van der Waals surface area contributed by atoms with E-state index in [2.05, 4.69) is 10.3 Å². The van der Waals surface area contributed by atoms with Crippen LogP contribution in [0.2, 0.25) is 0 Å². The lowest BCUT2D eigenvalue weighted by molar-refractivity contribution is -0.140. The SMILES string of the molecule is COc1cc(OC)cc(C(=O)Nc2nc(C(F)(F)F)cs2)c1. The van der Waals surface area contributed by atoms with Crippen molar-refractivity contribution in [3.05, 3.63) is 34.8 Å². The largest absolute Gasteiger partial charge is 0.497 e. The summed E-state index contributed by atoms with van der Waals surface area (Å²) in [5, 5.41) is 3.01. The topological polar surface area (TPSA) is 60.5 Å². The number of nitrogens with one attached hydrogen (secondary N) is 1. The van der Waals surface area contributed by atoms with Gasteiger partial charge in [-0.05, 0) is 12.1 Å². The molecule has 1 N–H and O–H groups in total. The molecule has 0 aliphatic rings. The third kappa shape index (κ3) is 3.67. The molecule has 0 unspecified atom stereocenters. The van der Waals surface area contributed by atoms with Crippen molar-refractivity contribution in [2.75, 3.05) is 19.5 Å². The van der Waals surface area contributed by atoms with E-state index < -0.39 is 17.8 Å². The molecule has 22 heavy (non-hydrogen) atoms. The van der Waals surface area contributed by atoms with Crippen LogP contribution in [0.4, 0.5) is 18.3 Å². The molecule has 1 aromatic carbocycles. The Balaban J connectivity index is 2.20. The van der Waals surface area contributed by atoms with E-state index in [1.165, 1.54) is 26.4 Å². The summed E-state index contributed by atoms with van der Waals surface area (Å²) in [7, 11) is 2.85. The van der Waals surface area contributed by atoms with E-state index in [4.69, 9.17) is 9.47 Å². The van der Waals surface area contributed by atoms with Gasteiger partial charge in [-0.2, -0.15) is 13.2 Å². The Morgan fingerprint density at radius 3 is 2.23 bits per heavy atom. The number of ether oxygens (including phenoxy) is 2. The van der Waals surface area contributed by atoms with Crippen molar-refractivity contribution < 1.29 is 27.4 Å². The van der Waals surface area contributed by atoms with Crippen molar-refractivity contribution in [2.45, 2.75) is 6.18 Å². The average Bonchev–Trinajstić information content (AvgIpc) is 2.95. The summed E-state index contributed by atoms with van der Waals surface area (Å²) in [6, 6.07) is 4.45. The molecule has 2 rings (SSSR count). The first-order chi connectivity index (χ1) is 10.3. The zero-order chi connectivity index (χ0) is 16.3. The Kier molecular flexibility index (Phi) is 4.55. The van der Waals surface area contributed by atoms with Gasteiger partial charge in [-0.3, -0.25) is 10.1 Å². The van der Waals surface area contributed by atoms with Gasteiger partial charge in [-0.1, -0.05) is 0 Å². The number of hydrogen-bond donors (Lipinski definition) is 1. The van der Waals surface area contributed by atoms with E-state index in [1.807, 2.05) is 0 Å². The Morgan fingerprint density at radius 2 is 1.77 bits per heavy atom. The van der Waals surface area contributed by atoms with Gasteiger partial charge in [0, 0.05) is 17.0 Å². The highest BCUT2D eigenvalue weighted by Crippen LogP contribution is 2.32. The van der Waals surface area contributed by atoms with Gasteiger partial charge in [0.2, 0.25) is 0 Å². The first-order valence-corrected chi connectivity index (χ1v) is 6.78. The van der Waals surface area contributed by atoms with Crippen LogP contribution in [0.5, 0.6) is 11.5 Å². The van der Waals surface area contributed by atoms with Gasteiger partial charge >= 0.3 is 6.18 Å². The molecule has 1 aromatic heterocycles. The van der Waals surface area contributed by atoms with E-state index in [-0.39, 0.29) is 10.7 Å².